The van der Waals surface area contributed by atoms with Crippen LogP contribution >= 0.6 is 15.9 Å². The maximum absolute atomic E-state index is 11.8. The molecule has 0 unspecified atom stereocenters. The third-order valence-electron chi connectivity index (χ3n) is 3.45. The number of nitrogens with zero attached hydrogens (tertiary/aromatic N) is 1. The summed E-state index contributed by atoms with van der Waals surface area (Å²) in [6.45, 7) is 2.09. The molecule has 0 aliphatic heterocycles. The Labute approximate surface area is 142 Å². The minimum atomic E-state index is -0.418. The lowest BCUT2D eigenvalue weighted by molar-refractivity contribution is 0.0518. The maximum Gasteiger partial charge on any atom is 0.357 e. The molecule has 0 saturated carbocycles. The fourth-order valence-electron chi connectivity index (χ4n) is 2.31. The Morgan fingerprint density at radius 2 is 1.65 bits per heavy atom. The van der Waals surface area contributed by atoms with E-state index in [0.29, 0.717) is 22.5 Å². The molecule has 0 aliphatic carbocycles. The molecule has 0 fully saturated rings. The standard InChI is InChI=1S/C18H15BrN2O2/c1-2-23-18(22)17-15(19)16(20-21-17)14-10-8-13(9-11-14)12-6-4-3-5-7-12/h3-11H,2H2,1H3,(H,20,21). The first kappa shape index (κ1) is 15.5. The highest BCUT2D eigenvalue weighted by molar-refractivity contribution is 9.10. The van der Waals surface area contributed by atoms with Gasteiger partial charge in [0.1, 0.15) is 5.69 Å². The van der Waals surface area contributed by atoms with E-state index in [2.05, 4.69) is 38.3 Å². The molecule has 0 spiro atoms. The van der Waals surface area contributed by atoms with Crippen molar-refractivity contribution >= 4 is 21.9 Å². The van der Waals surface area contributed by atoms with Gasteiger partial charge in [-0.05, 0) is 34.0 Å². The number of H-pyrrole nitrogens is 1. The van der Waals surface area contributed by atoms with Crippen LogP contribution in [0.15, 0.2) is 59.1 Å². The van der Waals surface area contributed by atoms with Crippen LogP contribution in [0.2, 0.25) is 0 Å². The van der Waals surface area contributed by atoms with E-state index in [1.807, 2.05) is 42.5 Å². The molecule has 116 valence electrons. The Bertz CT molecular complexity index is 811. The van der Waals surface area contributed by atoms with Crippen molar-refractivity contribution in [2.45, 2.75) is 6.92 Å². The fourth-order valence-corrected chi connectivity index (χ4v) is 2.88. The van der Waals surface area contributed by atoms with Gasteiger partial charge in [-0.1, -0.05) is 54.6 Å². The molecular weight excluding hydrogens is 356 g/mol. The van der Waals surface area contributed by atoms with E-state index in [-0.39, 0.29) is 0 Å². The molecule has 5 heteroatoms. The largest absolute Gasteiger partial charge is 0.461 e. The normalized spacial score (nSPS) is 10.5. The molecule has 1 N–H and O–H groups in total. The number of halogens is 1. The summed E-state index contributed by atoms with van der Waals surface area (Å²) in [5, 5.41) is 6.95. The molecule has 3 aromatic rings. The van der Waals surface area contributed by atoms with Gasteiger partial charge in [0.15, 0.2) is 5.69 Å². The number of hydrogen-bond acceptors (Lipinski definition) is 3. The molecule has 1 aromatic heterocycles. The van der Waals surface area contributed by atoms with Crippen LogP contribution in [0.1, 0.15) is 17.4 Å². The number of nitrogens with one attached hydrogen (secondary N) is 1. The number of carbonyl (C=O) groups excluding carboxylic acids is 1. The lowest BCUT2D eigenvalue weighted by Crippen LogP contribution is -2.05. The zero-order chi connectivity index (χ0) is 16.2. The van der Waals surface area contributed by atoms with Crippen molar-refractivity contribution < 1.29 is 9.53 Å². The highest BCUT2D eigenvalue weighted by atomic mass is 79.9. The van der Waals surface area contributed by atoms with Gasteiger partial charge in [0.2, 0.25) is 0 Å². The summed E-state index contributed by atoms with van der Waals surface area (Å²) in [7, 11) is 0. The molecule has 0 atom stereocenters. The number of rotatable bonds is 4. The topological polar surface area (TPSA) is 55.0 Å². The number of ether oxygens (including phenoxy) is 1. The van der Waals surface area contributed by atoms with Crippen molar-refractivity contribution in [3.8, 4) is 22.4 Å². The summed E-state index contributed by atoms with van der Waals surface area (Å²) in [6, 6.07) is 18.2. The van der Waals surface area contributed by atoms with Crippen molar-refractivity contribution in [3.05, 3.63) is 64.8 Å². The first-order valence-corrected chi connectivity index (χ1v) is 8.07. The third-order valence-corrected chi connectivity index (χ3v) is 4.22. The number of hydrogen-bond donors (Lipinski definition) is 1. The first-order valence-electron chi connectivity index (χ1n) is 7.27. The van der Waals surface area contributed by atoms with Gasteiger partial charge >= 0.3 is 5.97 Å². The highest BCUT2D eigenvalue weighted by Gasteiger charge is 2.19. The Morgan fingerprint density at radius 3 is 2.30 bits per heavy atom. The Kier molecular flexibility index (Phi) is 4.57. The summed E-state index contributed by atoms with van der Waals surface area (Å²) in [4.78, 5) is 11.8. The second-order valence-corrected chi connectivity index (χ2v) is 5.72. The lowest BCUT2D eigenvalue weighted by Gasteiger charge is -2.03. The quantitative estimate of drug-likeness (QED) is 0.678. The molecule has 2 aromatic carbocycles. The van der Waals surface area contributed by atoms with Gasteiger partial charge in [-0.3, -0.25) is 5.10 Å². The van der Waals surface area contributed by atoms with Crippen molar-refractivity contribution in [2.24, 2.45) is 0 Å². The highest BCUT2D eigenvalue weighted by Crippen LogP contribution is 2.30. The molecule has 0 bridgehead atoms. The van der Waals surface area contributed by atoms with Gasteiger partial charge in [-0.2, -0.15) is 5.10 Å². The second kappa shape index (κ2) is 6.79. The van der Waals surface area contributed by atoms with E-state index < -0.39 is 5.97 Å². The summed E-state index contributed by atoms with van der Waals surface area (Å²) in [6.07, 6.45) is 0. The summed E-state index contributed by atoms with van der Waals surface area (Å²) in [5.74, 6) is -0.418. The van der Waals surface area contributed by atoms with Gasteiger partial charge in [-0.15, -0.1) is 0 Å². The van der Waals surface area contributed by atoms with E-state index in [0.717, 1.165) is 16.7 Å². The number of aromatic amines is 1. The molecule has 0 amide bonds. The third kappa shape index (κ3) is 3.19. The van der Waals surface area contributed by atoms with Crippen molar-refractivity contribution in [1.82, 2.24) is 10.2 Å². The average molecular weight is 371 g/mol. The zero-order valence-electron chi connectivity index (χ0n) is 12.5. The lowest BCUT2D eigenvalue weighted by atomic mass is 10.0. The van der Waals surface area contributed by atoms with Crippen LogP contribution in [-0.4, -0.2) is 22.8 Å². The molecular formula is C18H15BrN2O2. The number of esters is 1. The molecule has 0 saturated heterocycles. The van der Waals surface area contributed by atoms with E-state index in [9.17, 15) is 4.79 Å². The molecule has 0 radical (unpaired) electrons. The Hall–Kier alpha value is -2.40. The number of aromatic nitrogens is 2. The maximum atomic E-state index is 11.8. The smallest absolute Gasteiger partial charge is 0.357 e. The molecule has 0 aliphatic rings. The van der Waals surface area contributed by atoms with Crippen LogP contribution in [0.3, 0.4) is 0 Å². The van der Waals surface area contributed by atoms with E-state index in [1.165, 1.54) is 0 Å². The van der Waals surface area contributed by atoms with E-state index in [1.54, 1.807) is 6.92 Å². The molecule has 3 rings (SSSR count). The fraction of sp³-hybridized carbons (Fsp3) is 0.111. The van der Waals surface area contributed by atoms with Gasteiger partial charge in [0, 0.05) is 5.56 Å². The van der Waals surface area contributed by atoms with Crippen molar-refractivity contribution in [1.29, 1.82) is 0 Å². The molecule has 4 nitrogen and oxygen atoms in total. The van der Waals surface area contributed by atoms with Crippen LogP contribution in [0.4, 0.5) is 0 Å². The van der Waals surface area contributed by atoms with Gasteiger partial charge in [0.05, 0.1) is 11.1 Å². The number of benzene rings is 2. The first-order chi connectivity index (χ1) is 11.2. The summed E-state index contributed by atoms with van der Waals surface area (Å²) < 4.78 is 5.61. The predicted octanol–water partition coefficient (Wildman–Crippen LogP) is 4.68. The van der Waals surface area contributed by atoms with Gasteiger partial charge < -0.3 is 4.74 Å². The van der Waals surface area contributed by atoms with Crippen LogP contribution in [0.25, 0.3) is 22.4 Å². The minimum absolute atomic E-state index is 0.325. The Morgan fingerprint density at radius 1 is 1.04 bits per heavy atom. The second-order valence-electron chi connectivity index (χ2n) is 4.93. The van der Waals surface area contributed by atoms with E-state index in [4.69, 9.17) is 4.74 Å². The summed E-state index contributed by atoms with van der Waals surface area (Å²) >= 11 is 3.43. The Balaban J connectivity index is 1.90. The average Bonchev–Trinajstić information content (AvgIpc) is 2.98. The van der Waals surface area contributed by atoms with Crippen LogP contribution in [0.5, 0.6) is 0 Å². The van der Waals surface area contributed by atoms with Crippen LogP contribution < -0.4 is 0 Å². The SMILES string of the molecule is CCOC(=O)c1[nH]nc(-c2ccc(-c3ccccc3)cc2)c1Br. The summed E-state index contributed by atoms with van der Waals surface area (Å²) in [5.41, 5.74) is 4.23. The van der Waals surface area contributed by atoms with Crippen LogP contribution in [0, 0.1) is 0 Å². The van der Waals surface area contributed by atoms with Crippen molar-refractivity contribution in [3.63, 3.8) is 0 Å². The predicted molar refractivity (Wildman–Crippen MR) is 93.1 cm³/mol. The van der Waals surface area contributed by atoms with Crippen LogP contribution in [-0.2, 0) is 4.74 Å². The van der Waals surface area contributed by atoms with Gasteiger partial charge in [-0.25, -0.2) is 4.79 Å². The molecule has 1 heterocycles. The number of carbonyl (C=O) groups is 1. The monoisotopic (exact) mass is 370 g/mol. The van der Waals surface area contributed by atoms with E-state index >= 15 is 0 Å². The minimum Gasteiger partial charge on any atom is -0.461 e. The van der Waals surface area contributed by atoms with Gasteiger partial charge in [0.25, 0.3) is 0 Å². The van der Waals surface area contributed by atoms with Crippen molar-refractivity contribution in [2.75, 3.05) is 6.61 Å². The zero-order valence-corrected chi connectivity index (χ0v) is 14.1. The molecule has 23 heavy (non-hydrogen) atoms.